The molecule has 2 nitrogen and oxygen atoms in total. The molecule has 1 atom stereocenters. The first-order chi connectivity index (χ1) is 8.35. The monoisotopic (exact) mass is 227 g/mol. The highest BCUT2D eigenvalue weighted by Crippen LogP contribution is 2.42. The van der Waals surface area contributed by atoms with Crippen molar-refractivity contribution in [3.8, 4) is 0 Å². The molecule has 1 aromatic rings. The molecule has 2 aliphatic rings. The number of nitrogens with two attached hydrogens (primary N) is 1. The van der Waals surface area contributed by atoms with E-state index < -0.39 is 0 Å². The van der Waals surface area contributed by atoms with Gasteiger partial charge in [-0.15, -0.1) is 0 Å². The zero-order valence-electron chi connectivity index (χ0n) is 10.1. The van der Waals surface area contributed by atoms with E-state index in [1.165, 1.54) is 27.8 Å². The van der Waals surface area contributed by atoms with Crippen molar-refractivity contribution in [1.29, 1.82) is 0 Å². The van der Waals surface area contributed by atoms with Crippen LogP contribution in [0.4, 0.5) is 0 Å². The number of benzene rings is 1. The Morgan fingerprint density at radius 2 is 2.29 bits per heavy atom. The van der Waals surface area contributed by atoms with E-state index in [0.29, 0.717) is 6.54 Å². The maximum absolute atomic E-state index is 5.87. The molecule has 2 heteroatoms. The Balaban J connectivity index is 2.26. The first-order valence-corrected chi connectivity index (χ1v) is 6.08. The molecular weight excluding hydrogens is 210 g/mol. The lowest BCUT2D eigenvalue weighted by molar-refractivity contribution is 0.102. The Bertz CT molecular complexity index is 514. The molecule has 0 radical (unpaired) electrons. The van der Waals surface area contributed by atoms with Gasteiger partial charge in [0.05, 0.1) is 6.10 Å². The molecule has 1 aromatic carbocycles. The lowest BCUT2D eigenvalue weighted by Gasteiger charge is -2.31. The number of allylic oxidation sites excluding steroid dienone is 3. The van der Waals surface area contributed by atoms with E-state index in [2.05, 4.69) is 30.4 Å². The third-order valence-corrected chi connectivity index (χ3v) is 3.77. The highest BCUT2D eigenvalue weighted by atomic mass is 16.5. The number of rotatable bonds is 2. The van der Waals surface area contributed by atoms with E-state index in [-0.39, 0.29) is 6.10 Å². The molecule has 3 rings (SSSR count). The van der Waals surface area contributed by atoms with Crippen LogP contribution in [-0.4, -0.2) is 13.7 Å². The lowest BCUT2D eigenvalue weighted by atomic mass is 9.78. The van der Waals surface area contributed by atoms with Crippen LogP contribution in [0.1, 0.15) is 29.2 Å². The summed E-state index contributed by atoms with van der Waals surface area (Å²) in [4.78, 5) is 0. The van der Waals surface area contributed by atoms with Crippen molar-refractivity contribution in [1.82, 2.24) is 0 Å². The molecule has 0 aromatic heterocycles. The maximum atomic E-state index is 5.87. The minimum Gasteiger partial charge on any atom is -0.376 e. The van der Waals surface area contributed by atoms with Gasteiger partial charge in [0.25, 0.3) is 0 Å². The minimum atomic E-state index is 0.166. The van der Waals surface area contributed by atoms with Gasteiger partial charge in [0.15, 0.2) is 0 Å². The van der Waals surface area contributed by atoms with Gasteiger partial charge in [-0.25, -0.2) is 0 Å². The van der Waals surface area contributed by atoms with Crippen LogP contribution in [0.3, 0.4) is 0 Å². The molecule has 0 bridgehead atoms. The number of hydrogen-bond donors (Lipinski definition) is 1. The van der Waals surface area contributed by atoms with Gasteiger partial charge >= 0.3 is 0 Å². The summed E-state index contributed by atoms with van der Waals surface area (Å²) in [6, 6.07) is 6.51. The molecule has 0 spiro atoms. The highest BCUT2D eigenvalue weighted by molar-refractivity contribution is 5.84. The first-order valence-electron chi connectivity index (χ1n) is 6.08. The van der Waals surface area contributed by atoms with Crippen molar-refractivity contribution in [3.05, 3.63) is 52.6 Å². The fourth-order valence-corrected chi connectivity index (χ4v) is 2.92. The summed E-state index contributed by atoms with van der Waals surface area (Å²) in [5.41, 5.74) is 12.6. The average molecular weight is 227 g/mol. The fourth-order valence-electron chi connectivity index (χ4n) is 2.92. The molecule has 0 heterocycles. The van der Waals surface area contributed by atoms with Gasteiger partial charge in [-0.3, -0.25) is 0 Å². The molecule has 88 valence electrons. The molecule has 1 unspecified atom stereocenters. The molecule has 2 aliphatic carbocycles. The minimum absolute atomic E-state index is 0.166. The van der Waals surface area contributed by atoms with Gasteiger partial charge in [0, 0.05) is 20.1 Å². The molecule has 0 fully saturated rings. The second-order valence-electron chi connectivity index (χ2n) is 4.64. The number of ether oxygens (including phenoxy) is 1. The van der Waals surface area contributed by atoms with Gasteiger partial charge in [0.2, 0.25) is 0 Å². The molecule has 0 amide bonds. The summed E-state index contributed by atoms with van der Waals surface area (Å²) < 4.78 is 5.61. The molecule has 2 N–H and O–H groups in total. The fraction of sp³-hybridized carbons (Fsp3) is 0.333. The smallest absolute Gasteiger partial charge is 0.0865 e. The van der Waals surface area contributed by atoms with Crippen molar-refractivity contribution in [2.24, 2.45) is 5.73 Å². The van der Waals surface area contributed by atoms with Crippen LogP contribution in [0.15, 0.2) is 35.9 Å². The van der Waals surface area contributed by atoms with E-state index in [0.717, 1.165) is 12.8 Å². The van der Waals surface area contributed by atoms with Crippen molar-refractivity contribution >= 4 is 5.57 Å². The number of hydrogen-bond acceptors (Lipinski definition) is 2. The predicted octanol–water partition coefficient (Wildman–Crippen LogP) is 2.60. The average Bonchev–Trinajstić information content (AvgIpc) is 2.40. The second-order valence-corrected chi connectivity index (χ2v) is 4.64. The van der Waals surface area contributed by atoms with Crippen LogP contribution in [0.5, 0.6) is 0 Å². The van der Waals surface area contributed by atoms with Gasteiger partial charge in [-0.2, -0.15) is 0 Å². The molecule has 0 saturated heterocycles. The summed E-state index contributed by atoms with van der Waals surface area (Å²) in [6.45, 7) is 0.618. The van der Waals surface area contributed by atoms with E-state index >= 15 is 0 Å². The quantitative estimate of drug-likeness (QED) is 0.843. The van der Waals surface area contributed by atoms with Gasteiger partial charge in [0.1, 0.15) is 0 Å². The lowest BCUT2D eigenvalue weighted by Crippen LogP contribution is -2.19. The molecule has 0 saturated carbocycles. The molecular formula is C15H17NO. The summed E-state index contributed by atoms with van der Waals surface area (Å²) in [5, 5.41) is 0. The van der Waals surface area contributed by atoms with E-state index in [1.54, 1.807) is 7.11 Å². The van der Waals surface area contributed by atoms with Crippen LogP contribution < -0.4 is 5.73 Å². The van der Waals surface area contributed by atoms with Crippen molar-refractivity contribution < 1.29 is 4.74 Å². The normalized spacial score (nSPS) is 21.6. The van der Waals surface area contributed by atoms with Gasteiger partial charge < -0.3 is 10.5 Å². The maximum Gasteiger partial charge on any atom is 0.0865 e. The van der Waals surface area contributed by atoms with Crippen molar-refractivity contribution in [3.63, 3.8) is 0 Å². The Labute approximate surface area is 102 Å². The molecule has 17 heavy (non-hydrogen) atoms. The highest BCUT2D eigenvalue weighted by Gasteiger charge is 2.27. The van der Waals surface area contributed by atoms with Gasteiger partial charge in [-0.1, -0.05) is 30.4 Å². The summed E-state index contributed by atoms with van der Waals surface area (Å²) >= 11 is 0. The van der Waals surface area contributed by atoms with Crippen LogP contribution in [-0.2, 0) is 11.2 Å². The van der Waals surface area contributed by atoms with Crippen molar-refractivity contribution in [2.45, 2.75) is 18.9 Å². The van der Waals surface area contributed by atoms with E-state index in [9.17, 15) is 0 Å². The third-order valence-electron chi connectivity index (χ3n) is 3.77. The Morgan fingerprint density at radius 3 is 3.06 bits per heavy atom. The Morgan fingerprint density at radius 1 is 1.41 bits per heavy atom. The Kier molecular flexibility index (Phi) is 2.61. The summed E-state index contributed by atoms with van der Waals surface area (Å²) in [5.74, 6) is 0. The SMILES string of the molecule is COC1CC(CN)=C2C=CCc3cccc1c32. The van der Waals surface area contributed by atoms with Crippen LogP contribution >= 0.6 is 0 Å². The van der Waals surface area contributed by atoms with Crippen LogP contribution in [0.25, 0.3) is 5.57 Å². The summed E-state index contributed by atoms with van der Waals surface area (Å²) in [7, 11) is 1.78. The summed E-state index contributed by atoms with van der Waals surface area (Å²) in [6.07, 6.45) is 6.55. The molecule has 0 aliphatic heterocycles. The Hall–Kier alpha value is -1.38. The van der Waals surface area contributed by atoms with Crippen LogP contribution in [0.2, 0.25) is 0 Å². The standard InChI is InChI=1S/C15H17NO/c1-17-14-8-11(9-16)12-6-2-4-10-5-3-7-13(14)15(10)12/h2-3,5-7,14H,4,8-9,16H2,1H3. The third kappa shape index (κ3) is 1.56. The van der Waals surface area contributed by atoms with Gasteiger partial charge in [-0.05, 0) is 34.3 Å². The number of methoxy groups -OCH3 is 1. The first kappa shape index (κ1) is 10.8. The zero-order valence-corrected chi connectivity index (χ0v) is 10.1. The second kappa shape index (κ2) is 4.13. The topological polar surface area (TPSA) is 35.2 Å². The largest absolute Gasteiger partial charge is 0.376 e. The zero-order chi connectivity index (χ0) is 11.8. The predicted molar refractivity (Wildman–Crippen MR) is 69.6 cm³/mol. The van der Waals surface area contributed by atoms with E-state index in [4.69, 9.17) is 10.5 Å². The van der Waals surface area contributed by atoms with E-state index in [1.807, 2.05) is 0 Å². The van der Waals surface area contributed by atoms with Crippen molar-refractivity contribution in [2.75, 3.05) is 13.7 Å². The van der Waals surface area contributed by atoms with Crippen LogP contribution in [0, 0.1) is 0 Å².